The maximum absolute atomic E-state index is 12.3. The Bertz CT molecular complexity index is 893. The van der Waals surface area contributed by atoms with Gasteiger partial charge < -0.3 is 19.5 Å². The summed E-state index contributed by atoms with van der Waals surface area (Å²) < 4.78 is 16.1. The van der Waals surface area contributed by atoms with Crippen molar-refractivity contribution in [2.75, 3.05) is 18.5 Å². The molecule has 0 aliphatic carbocycles. The first kappa shape index (κ1) is 21.4. The molecule has 0 saturated heterocycles. The van der Waals surface area contributed by atoms with E-state index in [1.165, 1.54) is 0 Å². The van der Waals surface area contributed by atoms with Gasteiger partial charge in [0.2, 0.25) is 12.0 Å². The van der Waals surface area contributed by atoms with E-state index in [2.05, 4.69) is 12.2 Å². The molecular formula is C23H25NO6. The summed E-state index contributed by atoms with van der Waals surface area (Å²) >= 11 is 0. The van der Waals surface area contributed by atoms with Crippen molar-refractivity contribution >= 4 is 23.3 Å². The molecule has 1 aliphatic heterocycles. The van der Waals surface area contributed by atoms with Gasteiger partial charge in [-0.15, -0.1) is 0 Å². The summed E-state index contributed by atoms with van der Waals surface area (Å²) in [7, 11) is 0. The number of rotatable bonds is 9. The third-order valence-electron chi connectivity index (χ3n) is 4.62. The van der Waals surface area contributed by atoms with Gasteiger partial charge in [0.1, 0.15) is 6.61 Å². The number of amides is 1. The topological polar surface area (TPSA) is 90.9 Å². The van der Waals surface area contributed by atoms with Crippen molar-refractivity contribution in [1.82, 2.24) is 0 Å². The van der Waals surface area contributed by atoms with Gasteiger partial charge in [-0.05, 0) is 42.8 Å². The minimum atomic E-state index is -0.919. The Morgan fingerprint density at radius 2 is 1.77 bits per heavy atom. The molecule has 1 amide bonds. The molecule has 2 aromatic rings. The maximum Gasteiger partial charge on any atom is 0.351 e. The normalized spacial score (nSPS) is 14.6. The Balaban J connectivity index is 1.45. The molecule has 7 nitrogen and oxygen atoms in total. The van der Waals surface area contributed by atoms with E-state index in [4.69, 9.17) is 14.2 Å². The lowest BCUT2D eigenvalue weighted by molar-refractivity contribution is -0.153. The molecule has 7 heteroatoms. The molecule has 3 rings (SSSR count). The van der Waals surface area contributed by atoms with Crippen LogP contribution in [-0.2, 0) is 14.3 Å². The number of esters is 1. The molecule has 0 bridgehead atoms. The van der Waals surface area contributed by atoms with Crippen LogP contribution in [0.4, 0.5) is 5.69 Å². The SMILES string of the molecule is CCCCCC(=O)Nc1ccc(C(=O)COC(=O)[C@@H]2COc3ccccc3O2)cc1. The van der Waals surface area contributed by atoms with Crippen LogP contribution in [-0.4, -0.2) is 37.0 Å². The molecule has 0 aromatic heterocycles. The molecule has 1 N–H and O–H groups in total. The molecule has 0 fully saturated rings. The van der Waals surface area contributed by atoms with Gasteiger partial charge in [0.05, 0.1) is 0 Å². The van der Waals surface area contributed by atoms with Gasteiger partial charge in [-0.25, -0.2) is 4.79 Å². The first-order chi connectivity index (χ1) is 14.6. The van der Waals surface area contributed by atoms with E-state index in [0.717, 1.165) is 19.3 Å². The second kappa shape index (κ2) is 10.4. The zero-order chi connectivity index (χ0) is 21.3. The fraction of sp³-hybridized carbons (Fsp3) is 0.348. The highest BCUT2D eigenvalue weighted by Gasteiger charge is 2.29. The van der Waals surface area contributed by atoms with Gasteiger partial charge in [0.25, 0.3) is 0 Å². The summed E-state index contributed by atoms with van der Waals surface area (Å²) in [5, 5.41) is 2.80. The smallest absolute Gasteiger partial charge is 0.351 e. The second-order valence-corrected chi connectivity index (χ2v) is 6.98. The third kappa shape index (κ3) is 5.83. The van der Waals surface area contributed by atoms with Gasteiger partial charge in [-0.2, -0.15) is 0 Å². The summed E-state index contributed by atoms with van der Waals surface area (Å²) in [5.74, 6) is -0.0256. The predicted octanol–water partition coefficient (Wildman–Crippen LogP) is 3.77. The Hall–Kier alpha value is -3.35. The zero-order valence-corrected chi connectivity index (χ0v) is 16.9. The van der Waals surface area contributed by atoms with Crippen molar-refractivity contribution < 1.29 is 28.6 Å². The van der Waals surface area contributed by atoms with Crippen molar-refractivity contribution in [2.45, 2.75) is 38.7 Å². The minimum absolute atomic E-state index is 0.0245. The highest BCUT2D eigenvalue weighted by atomic mass is 16.6. The van der Waals surface area contributed by atoms with E-state index < -0.39 is 18.7 Å². The number of unbranched alkanes of at least 4 members (excludes halogenated alkanes) is 2. The van der Waals surface area contributed by atoms with Crippen LogP contribution in [0.1, 0.15) is 43.0 Å². The second-order valence-electron chi connectivity index (χ2n) is 6.98. The molecule has 1 aliphatic rings. The monoisotopic (exact) mass is 411 g/mol. The number of anilines is 1. The largest absolute Gasteiger partial charge is 0.485 e. The number of carbonyl (C=O) groups excluding carboxylic acids is 3. The molecule has 0 spiro atoms. The highest BCUT2D eigenvalue weighted by Crippen LogP contribution is 2.31. The van der Waals surface area contributed by atoms with Crippen molar-refractivity contribution in [3.05, 3.63) is 54.1 Å². The van der Waals surface area contributed by atoms with Crippen molar-refractivity contribution in [2.24, 2.45) is 0 Å². The standard InChI is InChI=1S/C23H25NO6/c1-2-3-4-9-22(26)24-17-12-10-16(11-13-17)18(25)14-29-23(27)21-15-28-19-7-5-6-8-20(19)30-21/h5-8,10-13,21H,2-4,9,14-15H2,1H3,(H,24,26)/t21-/m0/s1. The fourth-order valence-corrected chi connectivity index (χ4v) is 2.95. The quantitative estimate of drug-likeness (QED) is 0.384. The van der Waals surface area contributed by atoms with E-state index in [9.17, 15) is 14.4 Å². The minimum Gasteiger partial charge on any atom is -0.485 e. The van der Waals surface area contributed by atoms with Crippen LogP contribution in [0.15, 0.2) is 48.5 Å². The number of ketones is 1. The van der Waals surface area contributed by atoms with Gasteiger partial charge >= 0.3 is 5.97 Å². The van der Waals surface area contributed by atoms with Crippen molar-refractivity contribution in [3.63, 3.8) is 0 Å². The van der Waals surface area contributed by atoms with E-state index in [-0.39, 0.29) is 18.3 Å². The number of ether oxygens (including phenoxy) is 3. The number of fused-ring (bicyclic) bond motifs is 1. The average molecular weight is 411 g/mol. The molecule has 1 atom stereocenters. The van der Waals surface area contributed by atoms with Gasteiger partial charge in [0.15, 0.2) is 23.9 Å². The van der Waals surface area contributed by atoms with Crippen LogP contribution in [0.3, 0.4) is 0 Å². The lowest BCUT2D eigenvalue weighted by Gasteiger charge is -2.24. The first-order valence-electron chi connectivity index (χ1n) is 10.0. The molecule has 0 saturated carbocycles. The van der Waals surface area contributed by atoms with E-state index in [0.29, 0.717) is 29.2 Å². The number of carbonyl (C=O) groups is 3. The lowest BCUT2D eigenvalue weighted by Crippen LogP contribution is -2.38. The van der Waals surface area contributed by atoms with Crippen LogP contribution < -0.4 is 14.8 Å². The van der Waals surface area contributed by atoms with Crippen LogP contribution >= 0.6 is 0 Å². The number of para-hydroxylation sites is 2. The lowest BCUT2D eigenvalue weighted by atomic mass is 10.1. The van der Waals surface area contributed by atoms with Crippen LogP contribution in [0.5, 0.6) is 11.5 Å². The summed E-state index contributed by atoms with van der Waals surface area (Å²) in [6.45, 7) is 1.71. The van der Waals surface area contributed by atoms with Crippen LogP contribution in [0.2, 0.25) is 0 Å². The summed E-state index contributed by atoms with van der Waals surface area (Å²) in [6, 6.07) is 13.5. The van der Waals surface area contributed by atoms with Gasteiger partial charge in [-0.1, -0.05) is 31.9 Å². The Labute approximate surface area is 175 Å². The highest BCUT2D eigenvalue weighted by molar-refractivity contribution is 5.99. The maximum atomic E-state index is 12.3. The van der Waals surface area contributed by atoms with Crippen molar-refractivity contribution in [3.8, 4) is 11.5 Å². The molecule has 30 heavy (non-hydrogen) atoms. The number of nitrogens with one attached hydrogen (secondary N) is 1. The van der Waals surface area contributed by atoms with Gasteiger partial charge in [-0.3, -0.25) is 9.59 Å². The van der Waals surface area contributed by atoms with E-state index in [1.54, 1.807) is 42.5 Å². The number of benzene rings is 2. The predicted molar refractivity (Wildman–Crippen MR) is 111 cm³/mol. The van der Waals surface area contributed by atoms with E-state index in [1.807, 2.05) is 6.07 Å². The Morgan fingerprint density at radius 1 is 1.03 bits per heavy atom. The third-order valence-corrected chi connectivity index (χ3v) is 4.62. The summed E-state index contributed by atoms with van der Waals surface area (Å²) in [6.07, 6.45) is 2.48. The number of Topliss-reactive ketones (excluding diaryl/α,β-unsaturated/α-hetero) is 1. The number of hydrogen-bond acceptors (Lipinski definition) is 6. The molecular weight excluding hydrogens is 386 g/mol. The zero-order valence-electron chi connectivity index (χ0n) is 16.9. The Morgan fingerprint density at radius 3 is 2.50 bits per heavy atom. The van der Waals surface area contributed by atoms with E-state index >= 15 is 0 Å². The molecule has 0 radical (unpaired) electrons. The summed E-state index contributed by atoms with van der Waals surface area (Å²) in [5.41, 5.74) is 1.01. The molecule has 2 aromatic carbocycles. The van der Waals surface area contributed by atoms with Crippen molar-refractivity contribution in [1.29, 1.82) is 0 Å². The summed E-state index contributed by atoms with van der Waals surface area (Å²) in [4.78, 5) is 36.4. The van der Waals surface area contributed by atoms with Crippen LogP contribution in [0, 0.1) is 0 Å². The fourth-order valence-electron chi connectivity index (χ4n) is 2.95. The average Bonchev–Trinajstić information content (AvgIpc) is 2.77. The first-order valence-corrected chi connectivity index (χ1v) is 10.0. The molecule has 158 valence electrons. The molecule has 0 unspecified atom stereocenters. The molecule has 1 heterocycles. The number of hydrogen-bond donors (Lipinski definition) is 1. The van der Waals surface area contributed by atoms with Gasteiger partial charge in [0, 0.05) is 17.7 Å². The Kier molecular flexibility index (Phi) is 7.43. The van der Waals surface area contributed by atoms with Crippen LogP contribution in [0.25, 0.3) is 0 Å².